The minimum absolute atomic E-state index is 0.0519. The van der Waals surface area contributed by atoms with Gasteiger partial charge in [-0.25, -0.2) is 0 Å². The van der Waals surface area contributed by atoms with Gasteiger partial charge in [0.1, 0.15) is 5.69 Å². The number of benzene rings is 1. The van der Waals surface area contributed by atoms with Crippen molar-refractivity contribution in [1.29, 1.82) is 0 Å². The van der Waals surface area contributed by atoms with Gasteiger partial charge in [0.15, 0.2) is 0 Å². The normalized spacial score (nSPS) is 12.4. The van der Waals surface area contributed by atoms with Gasteiger partial charge in [-0.15, -0.1) is 0 Å². The van der Waals surface area contributed by atoms with Gasteiger partial charge in [-0.1, -0.05) is 18.2 Å². The minimum atomic E-state index is -0.0519. The van der Waals surface area contributed by atoms with Gasteiger partial charge >= 0.3 is 0 Å². The van der Waals surface area contributed by atoms with Crippen molar-refractivity contribution in [1.82, 2.24) is 10.3 Å². The number of para-hydroxylation sites is 1. The van der Waals surface area contributed by atoms with Crippen molar-refractivity contribution < 1.29 is 4.79 Å². The number of rotatable bonds is 4. The van der Waals surface area contributed by atoms with E-state index in [4.69, 9.17) is 0 Å². The van der Waals surface area contributed by atoms with Crippen LogP contribution < -0.4 is 5.32 Å². The maximum Gasteiger partial charge on any atom is 0.267 e. The molecular weight excluding hydrogens is 268 g/mol. The summed E-state index contributed by atoms with van der Waals surface area (Å²) in [7, 11) is 0. The molecule has 0 aliphatic heterocycles. The molecule has 20 heavy (non-hydrogen) atoms. The summed E-state index contributed by atoms with van der Waals surface area (Å²) < 4.78 is 0. The van der Waals surface area contributed by atoms with Gasteiger partial charge in [-0.2, -0.15) is 11.3 Å². The molecule has 0 saturated carbocycles. The predicted octanol–water partition coefficient (Wildman–Crippen LogP) is 3.59. The van der Waals surface area contributed by atoms with E-state index in [9.17, 15) is 4.79 Å². The van der Waals surface area contributed by atoms with Crippen LogP contribution in [0.5, 0.6) is 0 Å². The largest absolute Gasteiger partial charge is 0.351 e. The van der Waals surface area contributed by atoms with E-state index < -0.39 is 0 Å². The third kappa shape index (κ3) is 2.75. The van der Waals surface area contributed by atoms with E-state index in [2.05, 4.69) is 27.1 Å². The van der Waals surface area contributed by atoms with E-state index in [0.717, 1.165) is 17.3 Å². The van der Waals surface area contributed by atoms with Crippen LogP contribution in [0.1, 0.15) is 23.0 Å². The highest BCUT2D eigenvalue weighted by Gasteiger charge is 2.12. The highest BCUT2D eigenvalue weighted by Crippen LogP contribution is 2.15. The summed E-state index contributed by atoms with van der Waals surface area (Å²) in [5.41, 5.74) is 2.87. The number of carbonyl (C=O) groups is 1. The van der Waals surface area contributed by atoms with Gasteiger partial charge in [0.05, 0.1) is 0 Å². The number of nitrogens with one attached hydrogen (secondary N) is 2. The second-order valence-corrected chi connectivity index (χ2v) is 5.76. The number of hydrogen-bond donors (Lipinski definition) is 2. The first kappa shape index (κ1) is 12.9. The number of thiophene rings is 1. The van der Waals surface area contributed by atoms with Crippen LogP contribution in [0.15, 0.2) is 47.2 Å². The first-order chi connectivity index (χ1) is 9.72. The second-order valence-electron chi connectivity index (χ2n) is 4.98. The number of carbonyl (C=O) groups excluding carboxylic acids is 1. The second kappa shape index (κ2) is 5.51. The Bertz CT molecular complexity index is 682. The van der Waals surface area contributed by atoms with E-state index in [1.807, 2.05) is 37.3 Å². The maximum atomic E-state index is 12.2. The van der Waals surface area contributed by atoms with Gasteiger partial charge in [0.2, 0.25) is 0 Å². The van der Waals surface area contributed by atoms with Crippen LogP contribution in [0.25, 0.3) is 10.9 Å². The fraction of sp³-hybridized carbons (Fsp3) is 0.188. The lowest BCUT2D eigenvalue weighted by Crippen LogP contribution is -2.34. The fourth-order valence-electron chi connectivity index (χ4n) is 2.31. The summed E-state index contributed by atoms with van der Waals surface area (Å²) in [6.45, 7) is 2.03. The summed E-state index contributed by atoms with van der Waals surface area (Å²) in [4.78, 5) is 15.4. The summed E-state index contributed by atoms with van der Waals surface area (Å²) in [6.07, 6.45) is 0.857. The lowest BCUT2D eigenvalue weighted by molar-refractivity contribution is 0.0936. The molecule has 2 aromatic heterocycles. The third-order valence-electron chi connectivity index (χ3n) is 3.27. The highest BCUT2D eigenvalue weighted by molar-refractivity contribution is 7.07. The molecule has 1 amide bonds. The van der Waals surface area contributed by atoms with E-state index in [0.29, 0.717) is 5.69 Å². The fourth-order valence-corrected chi connectivity index (χ4v) is 2.99. The molecule has 2 heterocycles. The molecule has 1 atom stereocenters. The van der Waals surface area contributed by atoms with Gasteiger partial charge in [-0.3, -0.25) is 4.79 Å². The van der Waals surface area contributed by atoms with Gasteiger partial charge in [0.25, 0.3) is 5.91 Å². The Hall–Kier alpha value is -2.07. The van der Waals surface area contributed by atoms with Crippen molar-refractivity contribution in [2.75, 3.05) is 0 Å². The summed E-state index contributed by atoms with van der Waals surface area (Å²) in [5, 5.41) is 8.26. The smallest absolute Gasteiger partial charge is 0.267 e. The Morgan fingerprint density at radius 2 is 2.20 bits per heavy atom. The standard InChI is InChI=1S/C16H16N2OS/c1-11(8-12-6-7-20-10-12)17-16(19)15-9-13-4-2-3-5-14(13)18-15/h2-7,9-11,18H,8H2,1H3,(H,17,19). The zero-order valence-electron chi connectivity index (χ0n) is 11.2. The lowest BCUT2D eigenvalue weighted by Gasteiger charge is -2.12. The molecule has 0 saturated heterocycles. The summed E-state index contributed by atoms with van der Waals surface area (Å²) >= 11 is 1.68. The molecule has 0 spiro atoms. The molecule has 3 aromatic rings. The molecule has 0 bridgehead atoms. The van der Waals surface area contributed by atoms with Crippen molar-refractivity contribution in [3.05, 3.63) is 58.4 Å². The number of amides is 1. The molecule has 102 valence electrons. The third-order valence-corrected chi connectivity index (χ3v) is 4.01. The molecule has 2 N–H and O–H groups in total. The van der Waals surface area contributed by atoms with Crippen molar-refractivity contribution >= 4 is 28.1 Å². The van der Waals surface area contributed by atoms with Crippen molar-refractivity contribution in [3.63, 3.8) is 0 Å². The maximum absolute atomic E-state index is 12.2. The van der Waals surface area contributed by atoms with Crippen LogP contribution in [0.4, 0.5) is 0 Å². The average molecular weight is 284 g/mol. The van der Waals surface area contributed by atoms with Crippen LogP contribution in [0.3, 0.4) is 0 Å². The Labute approximate surface area is 121 Å². The Morgan fingerprint density at radius 1 is 1.35 bits per heavy atom. The van der Waals surface area contributed by atoms with Crippen molar-refractivity contribution in [2.24, 2.45) is 0 Å². The summed E-state index contributed by atoms with van der Waals surface area (Å²) in [5.74, 6) is -0.0519. The van der Waals surface area contributed by atoms with E-state index in [1.54, 1.807) is 11.3 Å². The zero-order chi connectivity index (χ0) is 13.9. The molecule has 0 aliphatic rings. The lowest BCUT2D eigenvalue weighted by atomic mass is 10.1. The number of aromatic amines is 1. The molecule has 1 aromatic carbocycles. The van der Waals surface area contributed by atoms with Gasteiger partial charge in [-0.05, 0) is 47.9 Å². The van der Waals surface area contributed by atoms with Gasteiger partial charge < -0.3 is 10.3 Å². The molecule has 0 fully saturated rings. The Balaban J connectivity index is 1.69. The summed E-state index contributed by atoms with van der Waals surface area (Å²) in [6, 6.07) is 12.0. The molecular formula is C16H16N2OS. The molecule has 3 rings (SSSR count). The minimum Gasteiger partial charge on any atom is -0.351 e. The number of H-pyrrole nitrogens is 1. The van der Waals surface area contributed by atoms with Crippen molar-refractivity contribution in [3.8, 4) is 0 Å². The first-order valence-corrected chi connectivity index (χ1v) is 7.56. The van der Waals surface area contributed by atoms with Crippen LogP contribution in [0.2, 0.25) is 0 Å². The Kier molecular flexibility index (Phi) is 3.56. The molecule has 0 aliphatic carbocycles. The topological polar surface area (TPSA) is 44.9 Å². The first-order valence-electron chi connectivity index (χ1n) is 6.62. The van der Waals surface area contributed by atoms with E-state index in [-0.39, 0.29) is 11.9 Å². The molecule has 4 heteroatoms. The monoisotopic (exact) mass is 284 g/mol. The van der Waals surface area contributed by atoms with Crippen LogP contribution in [-0.2, 0) is 6.42 Å². The van der Waals surface area contributed by atoms with Gasteiger partial charge in [0, 0.05) is 16.9 Å². The van der Waals surface area contributed by atoms with E-state index >= 15 is 0 Å². The zero-order valence-corrected chi connectivity index (χ0v) is 12.0. The van der Waals surface area contributed by atoms with Crippen LogP contribution in [0, 0.1) is 0 Å². The van der Waals surface area contributed by atoms with Crippen LogP contribution in [-0.4, -0.2) is 16.9 Å². The predicted molar refractivity (Wildman–Crippen MR) is 83.2 cm³/mol. The number of fused-ring (bicyclic) bond motifs is 1. The molecule has 0 radical (unpaired) electrons. The van der Waals surface area contributed by atoms with Crippen LogP contribution >= 0.6 is 11.3 Å². The van der Waals surface area contributed by atoms with E-state index in [1.165, 1.54) is 5.56 Å². The van der Waals surface area contributed by atoms with Crippen molar-refractivity contribution in [2.45, 2.75) is 19.4 Å². The Morgan fingerprint density at radius 3 is 2.95 bits per heavy atom. The molecule has 1 unspecified atom stereocenters. The molecule has 3 nitrogen and oxygen atoms in total. The SMILES string of the molecule is CC(Cc1ccsc1)NC(=O)c1cc2ccccc2[nH]1. The number of hydrogen-bond acceptors (Lipinski definition) is 2. The number of aromatic nitrogens is 1. The highest BCUT2D eigenvalue weighted by atomic mass is 32.1. The average Bonchev–Trinajstić information content (AvgIpc) is 3.06. The quantitative estimate of drug-likeness (QED) is 0.755.